The zero-order valence-corrected chi connectivity index (χ0v) is 15.6. The maximum absolute atomic E-state index is 12.7. The molecule has 0 aliphatic carbocycles. The summed E-state index contributed by atoms with van der Waals surface area (Å²) in [5.74, 6) is -1.57. The summed E-state index contributed by atoms with van der Waals surface area (Å²) in [6.45, 7) is 5.17. The lowest BCUT2D eigenvalue weighted by Gasteiger charge is -2.22. The molecule has 0 amide bonds. The molecule has 0 aromatic carbocycles. The second-order valence-corrected chi connectivity index (χ2v) is 6.99. The van der Waals surface area contributed by atoms with Gasteiger partial charge in [-0.1, -0.05) is 6.92 Å². The van der Waals surface area contributed by atoms with Crippen LogP contribution in [-0.2, 0) is 30.4 Å². The number of Topliss-reactive ketones (excluding diaryl/α,β-unsaturated/α-hetero) is 1. The Balaban J connectivity index is 2.22. The van der Waals surface area contributed by atoms with E-state index in [0.29, 0.717) is 0 Å². The monoisotopic (exact) mass is 398 g/mol. The quantitative estimate of drug-likeness (QED) is 0.416. The van der Waals surface area contributed by atoms with E-state index in [1.807, 2.05) is 6.07 Å². The third kappa shape index (κ3) is 3.36. The lowest BCUT2D eigenvalue weighted by molar-refractivity contribution is -0.685. The molecule has 24 heavy (non-hydrogen) atoms. The topological polar surface area (TPSA) is 73.6 Å². The van der Waals surface area contributed by atoms with Crippen LogP contribution >= 0.6 is 15.9 Å². The van der Waals surface area contributed by atoms with Gasteiger partial charge in [-0.05, 0) is 42.3 Å². The summed E-state index contributed by atoms with van der Waals surface area (Å²) < 4.78 is 12.9. The molecule has 7 heteroatoms. The van der Waals surface area contributed by atoms with Crippen LogP contribution in [0, 0.1) is 5.41 Å². The van der Waals surface area contributed by atoms with Gasteiger partial charge in [0.25, 0.3) is 0 Å². The average molecular weight is 399 g/mol. The van der Waals surface area contributed by atoms with Crippen molar-refractivity contribution >= 4 is 33.7 Å². The molecule has 2 rings (SSSR count). The highest BCUT2D eigenvalue weighted by Crippen LogP contribution is 2.44. The summed E-state index contributed by atoms with van der Waals surface area (Å²) in [4.78, 5) is 37.4. The van der Waals surface area contributed by atoms with E-state index in [1.165, 1.54) is 0 Å². The second-order valence-electron chi connectivity index (χ2n) is 6.07. The highest BCUT2D eigenvalue weighted by atomic mass is 79.9. The third-order valence-electron chi connectivity index (χ3n) is 4.36. The van der Waals surface area contributed by atoms with Gasteiger partial charge >= 0.3 is 11.9 Å². The smallest absolute Gasteiger partial charge is 0.324 e. The van der Waals surface area contributed by atoms with Gasteiger partial charge in [-0.3, -0.25) is 14.4 Å². The van der Waals surface area contributed by atoms with Gasteiger partial charge in [0.15, 0.2) is 23.4 Å². The first-order chi connectivity index (χ1) is 11.3. The van der Waals surface area contributed by atoms with Crippen molar-refractivity contribution in [2.24, 2.45) is 5.41 Å². The number of pyridine rings is 1. The van der Waals surface area contributed by atoms with Gasteiger partial charge in [0.05, 0.1) is 11.1 Å². The maximum atomic E-state index is 12.7. The number of carbonyl (C=O) groups excluding carboxylic acids is 3. The van der Waals surface area contributed by atoms with Crippen LogP contribution < -0.4 is 4.57 Å². The maximum Gasteiger partial charge on any atom is 0.324 e. The van der Waals surface area contributed by atoms with Gasteiger partial charge in [-0.25, -0.2) is 0 Å². The van der Waals surface area contributed by atoms with Crippen molar-refractivity contribution in [3.8, 4) is 0 Å². The molecule has 0 bridgehead atoms. The Hall–Kier alpha value is -1.76. The van der Waals surface area contributed by atoms with E-state index in [9.17, 15) is 14.4 Å². The van der Waals surface area contributed by atoms with Crippen molar-refractivity contribution in [1.82, 2.24) is 0 Å². The van der Waals surface area contributed by atoms with Crippen molar-refractivity contribution in [3.63, 3.8) is 0 Å². The summed E-state index contributed by atoms with van der Waals surface area (Å²) in [7, 11) is 0. The Bertz CT molecular complexity index is 677. The molecule has 1 aromatic rings. The summed E-state index contributed by atoms with van der Waals surface area (Å²) in [6, 6.07) is 3.65. The van der Waals surface area contributed by atoms with Gasteiger partial charge in [0.1, 0.15) is 0 Å². The van der Waals surface area contributed by atoms with E-state index in [1.54, 1.807) is 43.8 Å². The molecule has 6 nitrogen and oxygen atoms in total. The number of cyclic esters (lactones) is 1. The van der Waals surface area contributed by atoms with Crippen LogP contribution in [0.5, 0.6) is 0 Å². The molecular formula is C17H21BrNO5+. The number of aromatic nitrogens is 1. The SMILES string of the molecule is CCOC(=O)[C@@]1(CC)C[C@@](C)(C(=O)C[n+]2cccc(Br)c2)OC1=O. The van der Waals surface area contributed by atoms with Crippen molar-refractivity contribution < 1.29 is 28.4 Å². The summed E-state index contributed by atoms with van der Waals surface area (Å²) in [5.41, 5.74) is -2.74. The molecule has 1 aliphatic heterocycles. The fourth-order valence-electron chi connectivity index (χ4n) is 2.90. The zero-order chi connectivity index (χ0) is 18.0. The lowest BCUT2D eigenvalue weighted by Crippen LogP contribution is -2.47. The zero-order valence-electron chi connectivity index (χ0n) is 14.0. The molecule has 1 saturated heterocycles. The minimum absolute atomic E-state index is 0.00155. The number of rotatable bonds is 6. The molecule has 0 saturated carbocycles. The number of ether oxygens (including phenoxy) is 2. The van der Waals surface area contributed by atoms with Gasteiger partial charge < -0.3 is 9.47 Å². The highest BCUT2D eigenvalue weighted by molar-refractivity contribution is 9.10. The molecule has 0 N–H and O–H groups in total. The lowest BCUT2D eigenvalue weighted by atomic mass is 9.77. The average Bonchev–Trinajstić information content (AvgIpc) is 2.80. The van der Waals surface area contributed by atoms with E-state index in [0.717, 1.165) is 4.47 Å². The molecule has 1 fully saturated rings. The van der Waals surface area contributed by atoms with Gasteiger partial charge in [-0.15, -0.1) is 0 Å². The fraction of sp³-hybridized carbons (Fsp3) is 0.529. The Morgan fingerprint density at radius 2 is 2.12 bits per heavy atom. The highest BCUT2D eigenvalue weighted by Gasteiger charge is 2.62. The molecule has 1 aliphatic rings. The number of ketones is 1. The van der Waals surface area contributed by atoms with Crippen LogP contribution in [-0.4, -0.2) is 29.9 Å². The minimum atomic E-state index is -1.40. The van der Waals surface area contributed by atoms with E-state index in [2.05, 4.69) is 15.9 Å². The van der Waals surface area contributed by atoms with E-state index in [-0.39, 0.29) is 31.8 Å². The van der Waals surface area contributed by atoms with Crippen molar-refractivity contribution in [2.75, 3.05) is 6.61 Å². The molecule has 0 spiro atoms. The van der Waals surface area contributed by atoms with Crippen LogP contribution in [0.3, 0.4) is 0 Å². The minimum Gasteiger partial charge on any atom is -0.465 e. The predicted molar refractivity (Wildman–Crippen MR) is 87.8 cm³/mol. The first-order valence-corrected chi connectivity index (χ1v) is 8.65. The normalized spacial score (nSPS) is 26.1. The molecule has 130 valence electrons. The standard InChI is InChI=1S/C17H21BrNO5/c1-4-17(14(21)23-5-2)11-16(3,24-15(17)22)13(20)10-19-8-6-7-12(18)9-19/h6-9H,4-5,10-11H2,1-3H3/q+1/t16-,17+/m0/s1. The molecule has 2 atom stereocenters. The van der Waals surface area contributed by atoms with E-state index < -0.39 is 23.0 Å². The Morgan fingerprint density at radius 1 is 1.42 bits per heavy atom. The van der Waals surface area contributed by atoms with Crippen molar-refractivity contribution in [3.05, 3.63) is 29.0 Å². The van der Waals surface area contributed by atoms with Crippen molar-refractivity contribution in [2.45, 2.75) is 45.8 Å². The number of esters is 2. The van der Waals surface area contributed by atoms with E-state index in [4.69, 9.17) is 9.47 Å². The Labute approximate surface area is 149 Å². The second kappa shape index (κ2) is 7.01. The predicted octanol–water partition coefficient (Wildman–Crippen LogP) is 1.97. The van der Waals surface area contributed by atoms with E-state index >= 15 is 0 Å². The van der Waals surface area contributed by atoms with Gasteiger partial charge in [-0.2, -0.15) is 4.57 Å². The summed E-state index contributed by atoms with van der Waals surface area (Å²) in [5, 5.41) is 0. The first kappa shape index (κ1) is 18.6. The first-order valence-electron chi connectivity index (χ1n) is 7.86. The fourth-order valence-corrected chi connectivity index (χ4v) is 3.32. The number of hydrogen-bond donors (Lipinski definition) is 0. The molecule has 1 aromatic heterocycles. The number of hydrogen-bond acceptors (Lipinski definition) is 5. The molecule has 2 heterocycles. The van der Waals surface area contributed by atoms with Crippen LogP contribution in [0.15, 0.2) is 29.0 Å². The molecule has 0 unspecified atom stereocenters. The van der Waals surface area contributed by atoms with Crippen molar-refractivity contribution in [1.29, 1.82) is 0 Å². The number of halogens is 1. The number of nitrogens with zero attached hydrogens (tertiary/aromatic N) is 1. The van der Waals surface area contributed by atoms with Crippen LogP contribution in [0.2, 0.25) is 0 Å². The molecular weight excluding hydrogens is 378 g/mol. The largest absolute Gasteiger partial charge is 0.465 e. The Kier molecular flexibility index (Phi) is 5.42. The van der Waals surface area contributed by atoms with Crippen LogP contribution in [0.1, 0.15) is 33.6 Å². The summed E-state index contributed by atoms with van der Waals surface area (Å²) >= 11 is 3.35. The Morgan fingerprint density at radius 3 is 2.71 bits per heavy atom. The summed E-state index contributed by atoms with van der Waals surface area (Å²) in [6.07, 6.45) is 3.75. The number of carbonyl (C=O) groups is 3. The molecule has 0 radical (unpaired) electrons. The third-order valence-corrected chi connectivity index (χ3v) is 4.82. The van der Waals surface area contributed by atoms with Crippen LogP contribution in [0.4, 0.5) is 0 Å². The van der Waals surface area contributed by atoms with Gasteiger partial charge in [0, 0.05) is 12.5 Å². The van der Waals surface area contributed by atoms with Gasteiger partial charge in [0.2, 0.25) is 12.3 Å². The van der Waals surface area contributed by atoms with Crippen LogP contribution in [0.25, 0.3) is 0 Å².